The zero-order valence-electron chi connectivity index (χ0n) is 9.98. The number of rotatable bonds is 4. The van der Waals surface area contributed by atoms with Crippen molar-refractivity contribution in [1.29, 1.82) is 0 Å². The molecule has 0 saturated heterocycles. The van der Waals surface area contributed by atoms with Crippen LogP contribution >= 0.6 is 0 Å². The van der Waals surface area contributed by atoms with Gasteiger partial charge in [-0.15, -0.1) is 0 Å². The third-order valence-corrected chi connectivity index (χ3v) is 7.52. The molecule has 13 heavy (non-hydrogen) atoms. The van der Waals surface area contributed by atoms with E-state index in [2.05, 4.69) is 40.8 Å². The predicted molar refractivity (Wildman–Crippen MR) is 61.4 cm³/mol. The van der Waals surface area contributed by atoms with Gasteiger partial charge in [0.25, 0.3) is 0 Å². The molecule has 0 aromatic heterocycles. The van der Waals surface area contributed by atoms with E-state index in [1.165, 1.54) is 0 Å². The zero-order chi connectivity index (χ0) is 10.7. The summed E-state index contributed by atoms with van der Waals surface area (Å²) < 4.78 is 6.11. The lowest BCUT2D eigenvalue weighted by atomic mass is 10.2. The van der Waals surface area contributed by atoms with E-state index in [0.29, 0.717) is 6.54 Å². The highest BCUT2D eigenvalue weighted by Crippen LogP contribution is 2.37. The first kappa shape index (κ1) is 13.1. The summed E-state index contributed by atoms with van der Waals surface area (Å²) in [5.74, 6) is 0. The average molecular weight is 203 g/mol. The standard InChI is InChI=1S/C10H25NOSi/c1-7-9(8-11)12-13(5,6)10(2,3)4/h9H,7-8,11H2,1-6H3/t9-/m0/s1. The van der Waals surface area contributed by atoms with Crippen LogP contribution in [-0.4, -0.2) is 21.0 Å². The van der Waals surface area contributed by atoms with Crippen molar-refractivity contribution in [2.75, 3.05) is 6.54 Å². The third-order valence-electron chi connectivity index (χ3n) is 2.99. The summed E-state index contributed by atoms with van der Waals surface area (Å²) in [5.41, 5.74) is 5.63. The second kappa shape index (κ2) is 4.58. The Morgan fingerprint density at radius 1 is 1.31 bits per heavy atom. The molecule has 0 fully saturated rings. The Labute approximate surface area is 84.0 Å². The van der Waals surface area contributed by atoms with Gasteiger partial charge >= 0.3 is 0 Å². The summed E-state index contributed by atoms with van der Waals surface area (Å²) in [4.78, 5) is 0. The molecule has 0 rings (SSSR count). The minimum Gasteiger partial charge on any atom is -0.413 e. The fourth-order valence-electron chi connectivity index (χ4n) is 0.892. The maximum Gasteiger partial charge on any atom is 0.192 e. The Bertz CT molecular complexity index is 147. The molecule has 80 valence electrons. The fraction of sp³-hybridized carbons (Fsp3) is 1.00. The van der Waals surface area contributed by atoms with Crippen LogP contribution in [0.4, 0.5) is 0 Å². The lowest BCUT2D eigenvalue weighted by Crippen LogP contribution is -2.45. The highest BCUT2D eigenvalue weighted by molar-refractivity contribution is 6.74. The van der Waals surface area contributed by atoms with Gasteiger partial charge in [0, 0.05) is 6.54 Å². The fourth-order valence-corrected chi connectivity index (χ4v) is 2.34. The summed E-state index contributed by atoms with van der Waals surface area (Å²) in [5, 5.41) is 0.287. The molecule has 0 aromatic rings. The molecule has 0 aliphatic carbocycles. The molecule has 0 spiro atoms. The molecule has 0 saturated carbocycles. The van der Waals surface area contributed by atoms with Crippen LogP contribution in [0.3, 0.4) is 0 Å². The van der Waals surface area contributed by atoms with Crippen LogP contribution in [0.1, 0.15) is 34.1 Å². The first-order valence-corrected chi connectivity index (χ1v) is 8.03. The topological polar surface area (TPSA) is 35.2 Å². The highest BCUT2D eigenvalue weighted by atomic mass is 28.4. The van der Waals surface area contributed by atoms with Crippen LogP contribution in [0.15, 0.2) is 0 Å². The third kappa shape index (κ3) is 3.79. The summed E-state index contributed by atoms with van der Waals surface area (Å²) in [6.07, 6.45) is 1.27. The van der Waals surface area contributed by atoms with Gasteiger partial charge in [-0.05, 0) is 24.6 Å². The highest BCUT2D eigenvalue weighted by Gasteiger charge is 2.38. The zero-order valence-corrected chi connectivity index (χ0v) is 11.0. The van der Waals surface area contributed by atoms with Gasteiger partial charge in [0.05, 0.1) is 6.10 Å². The molecule has 2 N–H and O–H groups in total. The molecule has 0 unspecified atom stereocenters. The van der Waals surface area contributed by atoms with Gasteiger partial charge in [-0.1, -0.05) is 27.7 Å². The minimum atomic E-state index is -1.59. The van der Waals surface area contributed by atoms with Gasteiger partial charge in [-0.25, -0.2) is 0 Å². The van der Waals surface area contributed by atoms with E-state index in [1.807, 2.05) is 0 Å². The quantitative estimate of drug-likeness (QED) is 0.713. The van der Waals surface area contributed by atoms with Crippen LogP contribution in [0.25, 0.3) is 0 Å². The molecule has 0 aromatic carbocycles. The molecule has 0 heterocycles. The molecule has 0 aliphatic rings. The molecule has 0 bridgehead atoms. The van der Waals surface area contributed by atoms with Gasteiger partial charge < -0.3 is 10.2 Å². The van der Waals surface area contributed by atoms with Crippen LogP contribution in [0.2, 0.25) is 18.1 Å². The van der Waals surface area contributed by atoms with Crippen molar-refractivity contribution in [2.24, 2.45) is 5.73 Å². The molecular weight excluding hydrogens is 178 g/mol. The molecule has 0 aliphatic heterocycles. The van der Waals surface area contributed by atoms with Gasteiger partial charge in [-0.3, -0.25) is 0 Å². The van der Waals surface area contributed by atoms with Crippen LogP contribution in [0.5, 0.6) is 0 Å². The van der Waals surface area contributed by atoms with Crippen LogP contribution < -0.4 is 5.73 Å². The van der Waals surface area contributed by atoms with E-state index >= 15 is 0 Å². The molecule has 1 atom stereocenters. The van der Waals surface area contributed by atoms with E-state index in [9.17, 15) is 0 Å². The van der Waals surface area contributed by atoms with Gasteiger partial charge in [0.1, 0.15) is 0 Å². The Morgan fingerprint density at radius 3 is 2.00 bits per heavy atom. The van der Waals surface area contributed by atoms with Crippen molar-refractivity contribution in [2.45, 2.75) is 58.4 Å². The second-order valence-electron chi connectivity index (χ2n) is 5.14. The van der Waals surface area contributed by atoms with Crippen molar-refractivity contribution in [3.8, 4) is 0 Å². The maximum absolute atomic E-state index is 6.11. The minimum absolute atomic E-state index is 0.251. The molecule has 2 nitrogen and oxygen atoms in total. The first-order valence-electron chi connectivity index (χ1n) is 5.12. The number of nitrogens with two attached hydrogens (primary N) is 1. The predicted octanol–water partition coefficient (Wildman–Crippen LogP) is 2.75. The van der Waals surface area contributed by atoms with E-state index in [0.717, 1.165) is 6.42 Å². The molecule has 3 heteroatoms. The lowest BCUT2D eigenvalue weighted by molar-refractivity contribution is 0.184. The van der Waals surface area contributed by atoms with E-state index in [1.54, 1.807) is 0 Å². The van der Waals surface area contributed by atoms with Gasteiger partial charge in [0.2, 0.25) is 0 Å². The van der Waals surface area contributed by atoms with E-state index < -0.39 is 8.32 Å². The molecule has 0 amide bonds. The molecular formula is C10H25NOSi. The number of hydrogen-bond acceptors (Lipinski definition) is 2. The lowest BCUT2D eigenvalue weighted by Gasteiger charge is -2.38. The van der Waals surface area contributed by atoms with E-state index in [4.69, 9.17) is 10.2 Å². The Hall–Kier alpha value is 0.137. The monoisotopic (exact) mass is 203 g/mol. The van der Waals surface area contributed by atoms with Gasteiger partial charge in [0.15, 0.2) is 8.32 Å². The average Bonchev–Trinajstić information content (AvgIpc) is 1.98. The van der Waals surface area contributed by atoms with Crippen molar-refractivity contribution in [1.82, 2.24) is 0 Å². The van der Waals surface area contributed by atoms with Crippen molar-refractivity contribution in [3.05, 3.63) is 0 Å². The summed E-state index contributed by atoms with van der Waals surface area (Å²) in [6, 6.07) is 0. The Balaban J connectivity index is 4.31. The Kier molecular flexibility index (Phi) is 4.62. The second-order valence-corrected chi connectivity index (χ2v) is 9.90. The smallest absolute Gasteiger partial charge is 0.192 e. The van der Waals surface area contributed by atoms with E-state index in [-0.39, 0.29) is 11.1 Å². The summed E-state index contributed by atoms with van der Waals surface area (Å²) in [6.45, 7) is 14.1. The van der Waals surface area contributed by atoms with Gasteiger partial charge in [-0.2, -0.15) is 0 Å². The summed E-state index contributed by atoms with van der Waals surface area (Å²) >= 11 is 0. The molecule has 0 radical (unpaired) electrons. The van der Waals surface area contributed by atoms with Crippen molar-refractivity contribution in [3.63, 3.8) is 0 Å². The van der Waals surface area contributed by atoms with Crippen LogP contribution in [0, 0.1) is 0 Å². The number of hydrogen-bond donors (Lipinski definition) is 1. The van der Waals surface area contributed by atoms with Crippen molar-refractivity contribution < 1.29 is 4.43 Å². The SMILES string of the molecule is CC[C@@H](CN)O[Si](C)(C)C(C)(C)C. The van der Waals surface area contributed by atoms with Crippen LogP contribution in [-0.2, 0) is 4.43 Å². The first-order chi connectivity index (χ1) is 5.74. The Morgan fingerprint density at radius 2 is 1.77 bits per heavy atom. The normalized spacial score (nSPS) is 15.9. The summed E-state index contributed by atoms with van der Waals surface area (Å²) in [7, 11) is -1.59. The largest absolute Gasteiger partial charge is 0.413 e. The maximum atomic E-state index is 6.11. The van der Waals surface area contributed by atoms with Crippen molar-refractivity contribution >= 4 is 8.32 Å².